The normalized spacial score (nSPS) is 22.6. The maximum absolute atomic E-state index is 14.0. The molecule has 2 aliphatic heterocycles. The molecular weight excluding hydrogens is 412 g/mol. The molecule has 0 N–H and O–H groups in total. The van der Waals surface area contributed by atoms with Crippen LogP contribution in [-0.2, 0) is 21.0 Å². The smallest absolute Gasteiger partial charge is 0.268 e. The lowest BCUT2D eigenvalue weighted by molar-refractivity contribution is -0.145. The second-order valence-corrected chi connectivity index (χ2v) is 9.52. The zero-order valence-electron chi connectivity index (χ0n) is 17.8. The van der Waals surface area contributed by atoms with Crippen LogP contribution in [0, 0.1) is 5.92 Å². The highest BCUT2D eigenvalue weighted by molar-refractivity contribution is 8.01. The van der Waals surface area contributed by atoms with Crippen molar-refractivity contribution in [3.8, 4) is 11.5 Å². The Bertz CT molecular complexity index is 1040. The first kappa shape index (κ1) is 20.2. The van der Waals surface area contributed by atoms with Crippen LogP contribution in [0.25, 0.3) is 0 Å². The Labute approximate surface area is 186 Å². The van der Waals surface area contributed by atoms with Crippen molar-refractivity contribution in [1.82, 2.24) is 4.90 Å². The molecule has 162 valence electrons. The van der Waals surface area contributed by atoms with E-state index in [0.717, 1.165) is 47.6 Å². The number of carbonyl (C=O) groups excluding carboxylic acids is 2. The molecule has 6 nitrogen and oxygen atoms in total. The minimum atomic E-state index is -1.00. The van der Waals surface area contributed by atoms with E-state index in [4.69, 9.17) is 9.47 Å². The summed E-state index contributed by atoms with van der Waals surface area (Å²) in [5, 5.41) is 0. The van der Waals surface area contributed by atoms with Gasteiger partial charge in [-0.2, -0.15) is 0 Å². The lowest BCUT2D eigenvalue weighted by Crippen LogP contribution is -2.52. The molecule has 1 atom stereocenters. The summed E-state index contributed by atoms with van der Waals surface area (Å²) in [6.07, 6.45) is 2.93. The SMILES string of the molecule is COc1cccc(CN2C(=O)[C@@]3(SCCN3C(=O)C3CCC3)c3cc(OC)ccc32)c1. The lowest BCUT2D eigenvalue weighted by atomic mass is 9.84. The number of hydrogen-bond acceptors (Lipinski definition) is 5. The number of methoxy groups -OCH3 is 2. The molecule has 3 aliphatic rings. The van der Waals surface area contributed by atoms with Crippen molar-refractivity contribution in [1.29, 1.82) is 0 Å². The fourth-order valence-corrected chi connectivity index (χ4v) is 6.19. The van der Waals surface area contributed by atoms with E-state index >= 15 is 0 Å². The Kier molecular flexibility index (Phi) is 5.08. The van der Waals surface area contributed by atoms with E-state index in [1.54, 1.807) is 26.0 Å². The second-order valence-electron chi connectivity index (χ2n) is 8.24. The van der Waals surface area contributed by atoms with E-state index in [2.05, 4.69) is 0 Å². The Balaban J connectivity index is 1.58. The van der Waals surface area contributed by atoms with Gasteiger partial charge in [0.1, 0.15) is 11.5 Å². The molecule has 1 aliphatic carbocycles. The molecule has 1 saturated heterocycles. The summed E-state index contributed by atoms with van der Waals surface area (Å²) in [5.74, 6) is 2.30. The fraction of sp³-hybridized carbons (Fsp3) is 0.417. The third kappa shape index (κ3) is 3.09. The number of rotatable bonds is 5. The number of carbonyl (C=O) groups is 2. The van der Waals surface area contributed by atoms with Crippen molar-refractivity contribution in [3.05, 3.63) is 53.6 Å². The first-order chi connectivity index (χ1) is 15.1. The third-order valence-electron chi connectivity index (χ3n) is 6.60. The molecule has 31 heavy (non-hydrogen) atoms. The Morgan fingerprint density at radius 1 is 1.13 bits per heavy atom. The second kappa shape index (κ2) is 7.79. The number of thioether (sulfide) groups is 1. The van der Waals surface area contributed by atoms with Gasteiger partial charge in [0.25, 0.3) is 5.91 Å². The average Bonchev–Trinajstić information content (AvgIpc) is 3.29. The molecule has 2 fully saturated rings. The van der Waals surface area contributed by atoms with Crippen LogP contribution in [0.2, 0.25) is 0 Å². The van der Waals surface area contributed by atoms with Crippen molar-refractivity contribution in [2.45, 2.75) is 30.7 Å². The van der Waals surface area contributed by atoms with Gasteiger partial charge in [-0.3, -0.25) is 9.59 Å². The highest BCUT2D eigenvalue weighted by Crippen LogP contribution is 2.56. The lowest BCUT2D eigenvalue weighted by Gasteiger charge is -2.37. The molecule has 2 heterocycles. The van der Waals surface area contributed by atoms with Gasteiger partial charge in [-0.05, 0) is 48.7 Å². The van der Waals surface area contributed by atoms with E-state index in [-0.39, 0.29) is 17.7 Å². The predicted octanol–water partition coefficient (Wildman–Crippen LogP) is 3.78. The van der Waals surface area contributed by atoms with Gasteiger partial charge < -0.3 is 19.3 Å². The van der Waals surface area contributed by atoms with Crippen molar-refractivity contribution >= 4 is 29.3 Å². The summed E-state index contributed by atoms with van der Waals surface area (Å²) >= 11 is 1.57. The molecule has 2 aromatic carbocycles. The standard InChI is InChI=1S/C24H26N2O4S/c1-29-18-8-3-5-16(13-18)15-25-21-10-9-19(30-2)14-20(21)24(23(25)28)26(11-12-31-24)22(27)17-6-4-7-17/h3,5,8-10,13-14,17H,4,6-7,11-12,15H2,1-2H3/t24-/m0/s1. The molecule has 0 aromatic heterocycles. The van der Waals surface area contributed by atoms with Gasteiger partial charge in [0.05, 0.1) is 26.5 Å². The summed E-state index contributed by atoms with van der Waals surface area (Å²) in [5.41, 5.74) is 2.68. The van der Waals surface area contributed by atoms with Gasteiger partial charge in [-0.1, -0.05) is 18.6 Å². The van der Waals surface area contributed by atoms with Crippen LogP contribution in [0.15, 0.2) is 42.5 Å². The quantitative estimate of drug-likeness (QED) is 0.711. The third-order valence-corrected chi connectivity index (χ3v) is 8.02. The minimum Gasteiger partial charge on any atom is -0.497 e. The maximum atomic E-state index is 14.0. The average molecular weight is 439 g/mol. The van der Waals surface area contributed by atoms with Crippen molar-refractivity contribution < 1.29 is 19.1 Å². The first-order valence-electron chi connectivity index (χ1n) is 10.7. The van der Waals surface area contributed by atoms with Crippen LogP contribution >= 0.6 is 11.8 Å². The molecule has 1 spiro atoms. The van der Waals surface area contributed by atoms with Crippen molar-refractivity contribution in [2.24, 2.45) is 5.92 Å². The van der Waals surface area contributed by atoms with Gasteiger partial charge in [0, 0.05) is 23.8 Å². The van der Waals surface area contributed by atoms with Crippen LogP contribution in [0.5, 0.6) is 11.5 Å². The molecule has 0 unspecified atom stereocenters. The molecule has 0 bridgehead atoms. The van der Waals surface area contributed by atoms with Crippen LogP contribution in [0.4, 0.5) is 5.69 Å². The van der Waals surface area contributed by atoms with Crippen molar-refractivity contribution in [2.75, 3.05) is 31.4 Å². The predicted molar refractivity (Wildman–Crippen MR) is 120 cm³/mol. The number of nitrogens with zero attached hydrogens (tertiary/aromatic N) is 2. The first-order valence-corrected chi connectivity index (χ1v) is 11.7. The van der Waals surface area contributed by atoms with Crippen LogP contribution < -0.4 is 14.4 Å². The highest BCUT2D eigenvalue weighted by Gasteiger charge is 2.60. The monoisotopic (exact) mass is 438 g/mol. The van der Waals surface area contributed by atoms with Gasteiger partial charge >= 0.3 is 0 Å². The van der Waals surface area contributed by atoms with Gasteiger partial charge in [-0.15, -0.1) is 11.8 Å². The number of amides is 2. The molecule has 7 heteroatoms. The topological polar surface area (TPSA) is 59.1 Å². The highest BCUT2D eigenvalue weighted by atomic mass is 32.2. The number of ether oxygens (including phenoxy) is 2. The summed E-state index contributed by atoms with van der Waals surface area (Å²) in [7, 11) is 3.26. The zero-order chi connectivity index (χ0) is 21.6. The van der Waals surface area contributed by atoms with E-state index < -0.39 is 4.87 Å². The number of benzene rings is 2. The van der Waals surface area contributed by atoms with Crippen LogP contribution in [-0.4, -0.2) is 43.2 Å². The summed E-state index contributed by atoms with van der Waals surface area (Å²) in [6, 6.07) is 13.5. The van der Waals surface area contributed by atoms with Gasteiger partial charge in [0.15, 0.2) is 4.87 Å². The van der Waals surface area contributed by atoms with Gasteiger partial charge in [0.2, 0.25) is 5.91 Å². The Hall–Kier alpha value is -2.67. The number of fused-ring (bicyclic) bond motifs is 2. The summed E-state index contributed by atoms with van der Waals surface area (Å²) in [4.78, 5) is 30.0. The fourth-order valence-electron chi connectivity index (χ4n) is 4.73. The maximum Gasteiger partial charge on any atom is 0.268 e. The minimum absolute atomic E-state index is 0.0462. The molecule has 0 radical (unpaired) electrons. The molecular formula is C24H26N2O4S. The van der Waals surface area contributed by atoms with E-state index in [9.17, 15) is 9.59 Å². The Morgan fingerprint density at radius 2 is 1.90 bits per heavy atom. The Morgan fingerprint density at radius 3 is 2.61 bits per heavy atom. The summed E-state index contributed by atoms with van der Waals surface area (Å²) in [6.45, 7) is 1.01. The van der Waals surface area contributed by atoms with Gasteiger partial charge in [-0.25, -0.2) is 0 Å². The van der Waals surface area contributed by atoms with Crippen LogP contribution in [0.1, 0.15) is 30.4 Å². The number of anilines is 1. The van der Waals surface area contributed by atoms with E-state index in [1.165, 1.54) is 0 Å². The van der Waals surface area contributed by atoms with E-state index in [0.29, 0.717) is 18.8 Å². The van der Waals surface area contributed by atoms with Crippen LogP contribution in [0.3, 0.4) is 0 Å². The molecule has 5 rings (SSSR count). The van der Waals surface area contributed by atoms with E-state index in [1.807, 2.05) is 52.3 Å². The molecule has 1 saturated carbocycles. The largest absolute Gasteiger partial charge is 0.497 e. The molecule has 2 aromatic rings. The summed E-state index contributed by atoms with van der Waals surface area (Å²) < 4.78 is 10.8. The van der Waals surface area contributed by atoms with Crippen molar-refractivity contribution in [3.63, 3.8) is 0 Å². The zero-order valence-corrected chi connectivity index (χ0v) is 18.6. The number of hydrogen-bond donors (Lipinski definition) is 0. The molecule has 2 amide bonds.